The van der Waals surface area contributed by atoms with Crippen LogP contribution in [0, 0.1) is 0 Å². The van der Waals surface area contributed by atoms with Crippen LogP contribution in [0.5, 0.6) is 0 Å². The van der Waals surface area contributed by atoms with E-state index < -0.39 is 18.0 Å². The second-order valence-corrected chi connectivity index (χ2v) is 14.4. The average Bonchev–Trinajstić information content (AvgIpc) is 3.19. The van der Waals surface area contributed by atoms with Gasteiger partial charge in [-0.15, -0.1) is 0 Å². The molecular formula is C41H75N5O13. The molecule has 0 radical (unpaired) electrons. The Hall–Kier alpha value is -3.87. The van der Waals surface area contributed by atoms with Gasteiger partial charge in [0.2, 0.25) is 29.5 Å². The quantitative estimate of drug-likeness (QED) is 0.0437. The fraction of sp³-hybridized carbons (Fsp3) is 0.829. The third kappa shape index (κ3) is 42.1. The number of amides is 5. The minimum Gasteiger partial charge on any atom is -0.481 e. The van der Waals surface area contributed by atoms with Crippen LogP contribution in [0.3, 0.4) is 0 Å². The molecule has 0 fully saturated rings. The molecule has 0 saturated carbocycles. The lowest BCUT2D eigenvalue weighted by Crippen LogP contribution is -2.41. The van der Waals surface area contributed by atoms with Gasteiger partial charge in [-0.05, 0) is 19.3 Å². The average molecular weight is 846 g/mol. The maximum atomic E-state index is 12.3. The predicted octanol–water partition coefficient (Wildman–Crippen LogP) is 2.99. The molecule has 0 heterocycles. The minimum atomic E-state index is -1.18. The van der Waals surface area contributed by atoms with Crippen molar-refractivity contribution in [2.24, 2.45) is 0 Å². The Labute approximate surface area is 350 Å². The van der Waals surface area contributed by atoms with Crippen molar-refractivity contribution >= 4 is 41.5 Å². The lowest BCUT2D eigenvalue weighted by Gasteiger charge is -2.14. The van der Waals surface area contributed by atoms with E-state index in [1.807, 2.05) is 0 Å². The van der Waals surface area contributed by atoms with Crippen molar-refractivity contribution < 1.29 is 62.7 Å². The third-order valence-corrected chi connectivity index (χ3v) is 9.01. The first-order valence-corrected chi connectivity index (χ1v) is 21.6. The standard InChI is InChI=1S/C41H75N5O13/c1-34(47)42-22-23-43-38(50)32-58-30-29-57-27-25-45-39(51)33-59-31-28-56-26-24-44-36(48)21-20-35(41(54)55)46-37(49)18-16-14-12-10-8-6-4-2-3-5-7-9-11-13-15-17-19-40(52)53/h35H,2-33H2,1H3,(H,42,47)(H,43,50)(H,44,48)(H,45,51)(H,46,49)(H,52,53)(H,54,55)/t35-/m0/s1. The first-order valence-electron chi connectivity index (χ1n) is 21.6. The lowest BCUT2D eigenvalue weighted by molar-refractivity contribution is -0.142. The molecule has 342 valence electrons. The number of ether oxygens (including phenoxy) is 4. The summed E-state index contributed by atoms with van der Waals surface area (Å²) in [5, 5.41) is 31.2. The van der Waals surface area contributed by atoms with Gasteiger partial charge in [0, 0.05) is 52.4 Å². The van der Waals surface area contributed by atoms with Gasteiger partial charge in [-0.3, -0.25) is 28.8 Å². The maximum absolute atomic E-state index is 12.3. The van der Waals surface area contributed by atoms with Gasteiger partial charge in [0.1, 0.15) is 19.3 Å². The molecule has 0 bridgehead atoms. The van der Waals surface area contributed by atoms with Gasteiger partial charge >= 0.3 is 11.9 Å². The van der Waals surface area contributed by atoms with Gasteiger partial charge in [0.05, 0.1) is 39.6 Å². The Balaban J connectivity index is 3.63. The summed E-state index contributed by atoms with van der Waals surface area (Å²) in [7, 11) is 0. The number of aliphatic carboxylic acids is 2. The van der Waals surface area contributed by atoms with Crippen LogP contribution in [0.1, 0.15) is 135 Å². The number of carboxylic acids is 2. The zero-order valence-electron chi connectivity index (χ0n) is 35.6. The zero-order chi connectivity index (χ0) is 43.6. The van der Waals surface area contributed by atoms with Crippen LogP contribution in [0.4, 0.5) is 0 Å². The molecule has 18 heteroatoms. The van der Waals surface area contributed by atoms with Gasteiger partial charge in [-0.1, -0.05) is 89.9 Å². The summed E-state index contributed by atoms with van der Waals surface area (Å²) in [5.41, 5.74) is 0. The summed E-state index contributed by atoms with van der Waals surface area (Å²) < 4.78 is 21.2. The highest BCUT2D eigenvalue weighted by atomic mass is 16.5. The van der Waals surface area contributed by atoms with E-state index in [2.05, 4.69) is 26.6 Å². The van der Waals surface area contributed by atoms with E-state index in [-0.39, 0.29) is 121 Å². The highest BCUT2D eigenvalue weighted by molar-refractivity contribution is 5.84. The van der Waals surface area contributed by atoms with Crippen molar-refractivity contribution in [1.82, 2.24) is 26.6 Å². The first kappa shape index (κ1) is 55.1. The van der Waals surface area contributed by atoms with Gasteiger partial charge < -0.3 is 55.7 Å². The molecule has 7 N–H and O–H groups in total. The van der Waals surface area contributed by atoms with Crippen molar-refractivity contribution in [2.75, 3.05) is 79.0 Å². The van der Waals surface area contributed by atoms with Gasteiger partial charge in [0.15, 0.2) is 0 Å². The van der Waals surface area contributed by atoms with E-state index in [1.165, 1.54) is 64.7 Å². The van der Waals surface area contributed by atoms with Gasteiger partial charge in [-0.25, -0.2) is 4.79 Å². The third-order valence-electron chi connectivity index (χ3n) is 9.01. The number of unbranched alkanes of at least 4 members (excludes halogenated alkanes) is 15. The molecule has 0 unspecified atom stereocenters. The molecule has 1 atom stereocenters. The summed E-state index contributed by atoms with van der Waals surface area (Å²) in [4.78, 5) is 80.8. The molecule has 0 saturated heterocycles. The predicted molar refractivity (Wildman–Crippen MR) is 221 cm³/mol. The number of hydrogen-bond acceptors (Lipinski definition) is 11. The van der Waals surface area contributed by atoms with Crippen molar-refractivity contribution in [3.63, 3.8) is 0 Å². The molecule has 0 rings (SSSR count). The molecule has 18 nitrogen and oxygen atoms in total. The van der Waals surface area contributed by atoms with Crippen molar-refractivity contribution in [1.29, 1.82) is 0 Å². The van der Waals surface area contributed by atoms with Crippen molar-refractivity contribution in [3.05, 3.63) is 0 Å². The maximum Gasteiger partial charge on any atom is 0.326 e. The molecule has 59 heavy (non-hydrogen) atoms. The summed E-state index contributed by atoms with van der Waals surface area (Å²) in [5.74, 6) is -3.35. The molecule has 0 aromatic carbocycles. The van der Waals surface area contributed by atoms with E-state index in [4.69, 9.17) is 24.1 Å². The second-order valence-electron chi connectivity index (χ2n) is 14.4. The van der Waals surface area contributed by atoms with E-state index in [0.29, 0.717) is 19.5 Å². The summed E-state index contributed by atoms with van der Waals surface area (Å²) in [6.07, 6.45) is 18.3. The van der Waals surface area contributed by atoms with E-state index >= 15 is 0 Å². The number of hydrogen-bond donors (Lipinski definition) is 7. The second kappa shape index (κ2) is 40.9. The Bertz CT molecular complexity index is 1150. The van der Waals surface area contributed by atoms with Crippen LogP contribution in [0.25, 0.3) is 0 Å². The number of nitrogens with one attached hydrogen (secondary N) is 5. The van der Waals surface area contributed by atoms with Crippen LogP contribution in [-0.2, 0) is 52.5 Å². The van der Waals surface area contributed by atoms with E-state index in [1.54, 1.807) is 0 Å². The first-order chi connectivity index (χ1) is 28.5. The molecule has 0 aliphatic rings. The molecular weight excluding hydrogens is 770 g/mol. The molecule has 0 aromatic heterocycles. The SMILES string of the molecule is CC(=O)NCCNC(=O)COCCOCCNC(=O)COCCOCCNC(=O)CC[C@H](NC(=O)CCCCCCCCCCCCCCCCCCC(=O)O)C(=O)O. The smallest absolute Gasteiger partial charge is 0.326 e. The van der Waals surface area contributed by atoms with Crippen molar-refractivity contribution in [2.45, 2.75) is 141 Å². The minimum absolute atomic E-state index is 0.0235. The fourth-order valence-electron chi connectivity index (χ4n) is 5.76. The lowest BCUT2D eigenvalue weighted by atomic mass is 10.0. The number of carboxylic acid groups (broad SMARTS) is 2. The van der Waals surface area contributed by atoms with Crippen LogP contribution in [0.2, 0.25) is 0 Å². The molecule has 0 aliphatic heterocycles. The normalized spacial score (nSPS) is 11.4. The molecule has 0 aliphatic carbocycles. The zero-order valence-corrected chi connectivity index (χ0v) is 35.6. The summed E-state index contributed by atoms with van der Waals surface area (Å²) >= 11 is 0. The topological polar surface area (TPSA) is 257 Å². The Morgan fingerprint density at radius 3 is 1.25 bits per heavy atom. The van der Waals surface area contributed by atoms with Crippen molar-refractivity contribution in [3.8, 4) is 0 Å². The Kier molecular flexibility index (Phi) is 38.2. The van der Waals surface area contributed by atoms with Crippen LogP contribution in [-0.4, -0.2) is 137 Å². The highest BCUT2D eigenvalue weighted by Gasteiger charge is 2.20. The van der Waals surface area contributed by atoms with E-state index in [9.17, 15) is 38.7 Å². The summed E-state index contributed by atoms with van der Waals surface area (Å²) in [6.45, 7) is 3.53. The number of carbonyl (C=O) groups excluding carboxylic acids is 5. The number of rotatable bonds is 43. The highest BCUT2D eigenvalue weighted by Crippen LogP contribution is 2.14. The summed E-state index contributed by atoms with van der Waals surface area (Å²) in [6, 6.07) is -1.14. The number of carbonyl (C=O) groups is 7. The van der Waals surface area contributed by atoms with Gasteiger partial charge in [0.25, 0.3) is 0 Å². The Morgan fingerprint density at radius 1 is 0.424 bits per heavy atom. The molecule has 5 amide bonds. The molecule has 0 spiro atoms. The Morgan fingerprint density at radius 2 is 0.814 bits per heavy atom. The van der Waals surface area contributed by atoms with Crippen LogP contribution < -0.4 is 26.6 Å². The monoisotopic (exact) mass is 846 g/mol. The van der Waals surface area contributed by atoms with Crippen LogP contribution >= 0.6 is 0 Å². The van der Waals surface area contributed by atoms with Crippen LogP contribution in [0.15, 0.2) is 0 Å². The van der Waals surface area contributed by atoms with E-state index in [0.717, 1.165) is 38.5 Å². The largest absolute Gasteiger partial charge is 0.481 e. The molecule has 0 aromatic rings. The fourth-order valence-corrected chi connectivity index (χ4v) is 5.76. The van der Waals surface area contributed by atoms with Gasteiger partial charge in [-0.2, -0.15) is 0 Å².